The highest BCUT2D eigenvalue weighted by Crippen LogP contribution is 2.38. The summed E-state index contributed by atoms with van der Waals surface area (Å²) in [6.45, 7) is 9.91. The van der Waals surface area contributed by atoms with Crippen molar-refractivity contribution >= 4 is 17.4 Å². The van der Waals surface area contributed by atoms with Crippen LogP contribution in [0.15, 0.2) is 18.2 Å². The van der Waals surface area contributed by atoms with Crippen molar-refractivity contribution in [3.8, 4) is 0 Å². The third-order valence-corrected chi connectivity index (χ3v) is 3.52. The average molecular weight is 259 g/mol. The zero-order valence-electron chi connectivity index (χ0n) is 12.3. The number of carbonyl (C=O) groups is 2. The van der Waals surface area contributed by atoms with Gasteiger partial charge in [-0.15, -0.1) is 0 Å². The molecule has 2 rings (SSSR count). The minimum atomic E-state index is -0.562. The van der Waals surface area contributed by atoms with Crippen molar-refractivity contribution in [3.05, 3.63) is 29.3 Å². The van der Waals surface area contributed by atoms with Crippen LogP contribution in [0.1, 0.15) is 57.0 Å². The number of hydrogen-bond donors (Lipinski definition) is 1. The Kier molecular flexibility index (Phi) is 3.04. The molecule has 1 N–H and O–H groups in total. The Bertz CT molecular complexity index is 550. The highest BCUT2D eigenvalue weighted by atomic mass is 16.2. The van der Waals surface area contributed by atoms with Gasteiger partial charge in [-0.2, -0.15) is 0 Å². The molecule has 0 radical (unpaired) electrons. The summed E-state index contributed by atoms with van der Waals surface area (Å²) in [5.74, 6) is 0.119. The van der Waals surface area contributed by atoms with Crippen molar-refractivity contribution < 1.29 is 9.59 Å². The summed E-state index contributed by atoms with van der Waals surface area (Å²) in [5, 5.41) is 2.85. The molecule has 0 spiro atoms. The van der Waals surface area contributed by atoms with Crippen molar-refractivity contribution in [1.82, 2.24) is 0 Å². The molecule has 19 heavy (non-hydrogen) atoms. The van der Waals surface area contributed by atoms with Gasteiger partial charge in [0.1, 0.15) is 0 Å². The van der Waals surface area contributed by atoms with E-state index in [1.807, 2.05) is 46.8 Å². The van der Waals surface area contributed by atoms with Gasteiger partial charge in [0.05, 0.1) is 5.41 Å². The van der Waals surface area contributed by atoms with E-state index in [1.165, 1.54) is 0 Å². The van der Waals surface area contributed by atoms with E-state index < -0.39 is 5.41 Å². The Morgan fingerprint density at radius 3 is 2.47 bits per heavy atom. The van der Waals surface area contributed by atoms with Crippen LogP contribution in [0.5, 0.6) is 0 Å². The molecule has 3 nitrogen and oxygen atoms in total. The number of rotatable bonds is 2. The molecule has 0 bridgehead atoms. The molecular formula is C16H21NO2. The number of benzene rings is 1. The number of amides is 1. The van der Waals surface area contributed by atoms with Crippen LogP contribution in [0.3, 0.4) is 0 Å². The fourth-order valence-corrected chi connectivity index (χ4v) is 2.33. The maximum atomic E-state index is 12.2. The molecule has 1 aliphatic rings. The van der Waals surface area contributed by atoms with Crippen LogP contribution in [0.2, 0.25) is 0 Å². The van der Waals surface area contributed by atoms with E-state index in [0.29, 0.717) is 12.0 Å². The standard InChI is InChI=1S/C16H21NO2/c1-15(2,3)9-13(18)10-6-7-12-11(8-10)16(4,5)14(19)17-12/h6-8H,9H2,1-5H3,(H,17,19). The SMILES string of the molecule is CC(C)(C)CC(=O)c1ccc2c(c1)C(C)(C)C(=O)N2. The van der Waals surface area contributed by atoms with Crippen LogP contribution in [-0.2, 0) is 10.2 Å². The van der Waals surface area contributed by atoms with E-state index in [1.54, 1.807) is 6.07 Å². The zero-order chi connectivity index (χ0) is 14.4. The van der Waals surface area contributed by atoms with Crippen molar-refractivity contribution in [2.75, 3.05) is 5.32 Å². The summed E-state index contributed by atoms with van der Waals surface area (Å²) in [6.07, 6.45) is 0.508. The Balaban J connectivity index is 2.36. The van der Waals surface area contributed by atoms with E-state index in [-0.39, 0.29) is 17.1 Å². The van der Waals surface area contributed by atoms with Gasteiger partial charge in [0.15, 0.2) is 5.78 Å². The first-order chi connectivity index (χ1) is 8.61. The molecule has 0 atom stereocenters. The molecule has 0 aliphatic carbocycles. The molecule has 0 unspecified atom stereocenters. The Morgan fingerprint density at radius 1 is 1.26 bits per heavy atom. The molecule has 0 saturated carbocycles. The van der Waals surface area contributed by atoms with E-state index in [2.05, 4.69) is 5.32 Å². The molecule has 1 heterocycles. The Hall–Kier alpha value is -1.64. The second-order valence-corrected chi connectivity index (χ2v) is 7.00. The third-order valence-electron chi connectivity index (χ3n) is 3.52. The summed E-state index contributed by atoms with van der Waals surface area (Å²) in [6, 6.07) is 5.49. The van der Waals surface area contributed by atoms with Gasteiger partial charge in [0.25, 0.3) is 0 Å². The van der Waals surface area contributed by atoms with E-state index >= 15 is 0 Å². The molecule has 1 aromatic rings. The first-order valence-electron chi connectivity index (χ1n) is 6.60. The first-order valence-corrected chi connectivity index (χ1v) is 6.60. The minimum absolute atomic E-state index is 0.0112. The van der Waals surface area contributed by atoms with Crippen LogP contribution < -0.4 is 5.32 Å². The van der Waals surface area contributed by atoms with Crippen LogP contribution in [0.25, 0.3) is 0 Å². The van der Waals surface area contributed by atoms with Crippen molar-refractivity contribution in [1.29, 1.82) is 0 Å². The molecule has 0 fully saturated rings. The predicted octanol–water partition coefficient (Wildman–Crippen LogP) is 3.54. The number of nitrogens with one attached hydrogen (secondary N) is 1. The second-order valence-electron chi connectivity index (χ2n) is 7.00. The van der Waals surface area contributed by atoms with Gasteiger partial charge in [-0.1, -0.05) is 20.8 Å². The van der Waals surface area contributed by atoms with Gasteiger partial charge >= 0.3 is 0 Å². The van der Waals surface area contributed by atoms with Crippen LogP contribution in [0, 0.1) is 5.41 Å². The van der Waals surface area contributed by atoms with Gasteiger partial charge in [-0.3, -0.25) is 9.59 Å². The minimum Gasteiger partial charge on any atom is -0.325 e. The lowest BCUT2D eigenvalue weighted by atomic mass is 9.83. The summed E-state index contributed by atoms with van der Waals surface area (Å²) in [4.78, 5) is 24.1. The average Bonchev–Trinajstić information content (AvgIpc) is 2.47. The largest absolute Gasteiger partial charge is 0.325 e. The Labute approximate surface area is 114 Å². The highest BCUT2D eigenvalue weighted by Gasteiger charge is 2.38. The molecule has 102 valence electrons. The van der Waals surface area contributed by atoms with Gasteiger partial charge in [-0.05, 0) is 43.0 Å². The number of ketones is 1. The van der Waals surface area contributed by atoms with E-state index in [4.69, 9.17) is 0 Å². The van der Waals surface area contributed by atoms with Crippen LogP contribution in [0.4, 0.5) is 5.69 Å². The van der Waals surface area contributed by atoms with Crippen LogP contribution in [-0.4, -0.2) is 11.7 Å². The molecular weight excluding hydrogens is 238 g/mol. The normalized spacial score (nSPS) is 17.0. The molecule has 1 aliphatic heterocycles. The maximum Gasteiger partial charge on any atom is 0.234 e. The lowest BCUT2D eigenvalue weighted by Gasteiger charge is -2.18. The van der Waals surface area contributed by atoms with Gasteiger partial charge in [0, 0.05) is 17.7 Å². The fourth-order valence-electron chi connectivity index (χ4n) is 2.33. The molecule has 1 amide bonds. The monoisotopic (exact) mass is 259 g/mol. The fraction of sp³-hybridized carbons (Fsp3) is 0.500. The molecule has 0 saturated heterocycles. The number of anilines is 1. The van der Waals surface area contributed by atoms with Crippen molar-refractivity contribution in [3.63, 3.8) is 0 Å². The maximum absolute atomic E-state index is 12.2. The van der Waals surface area contributed by atoms with Crippen LogP contribution >= 0.6 is 0 Å². The van der Waals surface area contributed by atoms with E-state index in [9.17, 15) is 9.59 Å². The summed E-state index contributed by atoms with van der Waals surface area (Å²) < 4.78 is 0. The quantitative estimate of drug-likeness (QED) is 0.826. The second kappa shape index (κ2) is 4.19. The number of carbonyl (C=O) groups excluding carboxylic acids is 2. The number of Topliss-reactive ketones (excluding diaryl/α,β-unsaturated/α-hetero) is 1. The number of hydrogen-bond acceptors (Lipinski definition) is 2. The zero-order valence-corrected chi connectivity index (χ0v) is 12.3. The topological polar surface area (TPSA) is 46.2 Å². The Morgan fingerprint density at radius 2 is 1.89 bits per heavy atom. The third kappa shape index (κ3) is 2.55. The van der Waals surface area contributed by atoms with Crippen molar-refractivity contribution in [2.24, 2.45) is 5.41 Å². The van der Waals surface area contributed by atoms with Gasteiger partial charge < -0.3 is 5.32 Å². The number of fused-ring (bicyclic) bond motifs is 1. The summed E-state index contributed by atoms with van der Waals surface area (Å²) in [5.41, 5.74) is 1.84. The summed E-state index contributed by atoms with van der Waals surface area (Å²) in [7, 11) is 0. The lowest BCUT2D eigenvalue weighted by molar-refractivity contribution is -0.119. The highest BCUT2D eigenvalue weighted by molar-refractivity contribution is 6.07. The predicted molar refractivity (Wildman–Crippen MR) is 76.5 cm³/mol. The van der Waals surface area contributed by atoms with Gasteiger partial charge in [0.2, 0.25) is 5.91 Å². The lowest BCUT2D eigenvalue weighted by Crippen LogP contribution is -2.27. The summed E-state index contributed by atoms with van der Waals surface area (Å²) >= 11 is 0. The molecule has 1 aromatic carbocycles. The van der Waals surface area contributed by atoms with Crippen molar-refractivity contribution in [2.45, 2.75) is 46.5 Å². The first kappa shape index (κ1) is 13.8. The van der Waals surface area contributed by atoms with Gasteiger partial charge in [-0.25, -0.2) is 0 Å². The van der Waals surface area contributed by atoms with E-state index in [0.717, 1.165) is 11.3 Å². The molecule has 0 aromatic heterocycles. The smallest absolute Gasteiger partial charge is 0.234 e. The molecule has 3 heteroatoms.